The molecular formula is C11H13N3O. The summed E-state index contributed by atoms with van der Waals surface area (Å²) in [5.41, 5.74) is 1.82. The first-order chi connectivity index (χ1) is 7.18. The Morgan fingerprint density at radius 2 is 2.13 bits per heavy atom. The van der Waals surface area contributed by atoms with Gasteiger partial charge in [0.25, 0.3) is 0 Å². The predicted octanol–water partition coefficient (Wildman–Crippen LogP) is 1.23. The third kappa shape index (κ3) is 1.79. The number of imidazole rings is 1. The lowest BCUT2D eigenvalue weighted by Crippen LogP contribution is -2.15. The number of aromatic amines is 1. The number of anilines is 1. The number of nitrogens with one attached hydrogen (secondary N) is 1. The van der Waals surface area contributed by atoms with E-state index in [-0.39, 0.29) is 5.69 Å². The molecule has 4 heteroatoms. The molecule has 0 atom stereocenters. The molecule has 0 saturated carbocycles. The second-order valence-corrected chi connectivity index (χ2v) is 3.55. The van der Waals surface area contributed by atoms with E-state index in [4.69, 9.17) is 0 Å². The van der Waals surface area contributed by atoms with Crippen molar-refractivity contribution in [3.05, 3.63) is 47.1 Å². The third-order valence-corrected chi connectivity index (χ3v) is 2.27. The van der Waals surface area contributed by atoms with Crippen molar-refractivity contribution in [3.8, 4) is 5.69 Å². The summed E-state index contributed by atoms with van der Waals surface area (Å²) >= 11 is 0. The largest absolute Gasteiger partial charge is 0.378 e. The van der Waals surface area contributed by atoms with Gasteiger partial charge in [-0.25, -0.2) is 4.79 Å². The van der Waals surface area contributed by atoms with Crippen LogP contribution in [0.1, 0.15) is 0 Å². The van der Waals surface area contributed by atoms with Gasteiger partial charge in [-0.05, 0) is 18.2 Å². The van der Waals surface area contributed by atoms with E-state index in [1.807, 2.05) is 43.3 Å². The molecule has 15 heavy (non-hydrogen) atoms. The van der Waals surface area contributed by atoms with E-state index in [1.165, 1.54) is 0 Å². The second kappa shape index (κ2) is 3.65. The van der Waals surface area contributed by atoms with Gasteiger partial charge in [-0.3, -0.25) is 4.57 Å². The molecule has 2 aromatic rings. The van der Waals surface area contributed by atoms with Crippen LogP contribution in [0.25, 0.3) is 5.69 Å². The smallest absolute Gasteiger partial charge is 0.330 e. The number of nitrogens with zero attached hydrogens (tertiary/aromatic N) is 2. The minimum atomic E-state index is -0.120. The second-order valence-electron chi connectivity index (χ2n) is 3.55. The van der Waals surface area contributed by atoms with Crippen molar-refractivity contribution >= 4 is 5.69 Å². The predicted molar refractivity (Wildman–Crippen MR) is 60.7 cm³/mol. The number of H-pyrrole nitrogens is 1. The number of rotatable bonds is 2. The van der Waals surface area contributed by atoms with Crippen LogP contribution >= 0.6 is 0 Å². The van der Waals surface area contributed by atoms with Crippen LogP contribution in [0, 0.1) is 0 Å². The lowest BCUT2D eigenvalue weighted by Gasteiger charge is -2.13. The van der Waals surface area contributed by atoms with Gasteiger partial charge in [0.2, 0.25) is 0 Å². The average Bonchev–Trinajstić information content (AvgIpc) is 2.64. The van der Waals surface area contributed by atoms with Crippen LogP contribution in [0.15, 0.2) is 41.5 Å². The Kier molecular flexibility index (Phi) is 2.33. The van der Waals surface area contributed by atoms with E-state index in [1.54, 1.807) is 17.0 Å². The third-order valence-electron chi connectivity index (χ3n) is 2.27. The zero-order valence-electron chi connectivity index (χ0n) is 8.77. The summed E-state index contributed by atoms with van der Waals surface area (Å²) in [5, 5.41) is 0. The monoisotopic (exact) mass is 203 g/mol. The number of hydrogen-bond acceptors (Lipinski definition) is 2. The quantitative estimate of drug-likeness (QED) is 0.797. The normalized spacial score (nSPS) is 10.3. The summed E-state index contributed by atoms with van der Waals surface area (Å²) in [6.45, 7) is 0. The van der Waals surface area contributed by atoms with E-state index in [2.05, 4.69) is 4.98 Å². The first-order valence-corrected chi connectivity index (χ1v) is 4.72. The fourth-order valence-corrected chi connectivity index (χ4v) is 1.44. The van der Waals surface area contributed by atoms with Gasteiger partial charge in [0.05, 0.1) is 5.69 Å². The Morgan fingerprint density at radius 3 is 2.73 bits per heavy atom. The van der Waals surface area contributed by atoms with Crippen LogP contribution in [-0.4, -0.2) is 23.6 Å². The lowest BCUT2D eigenvalue weighted by atomic mass is 10.2. The van der Waals surface area contributed by atoms with Gasteiger partial charge in [-0.2, -0.15) is 0 Å². The van der Waals surface area contributed by atoms with Gasteiger partial charge in [0.1, 0.15) is 0 Å². The van der Waals surface area contributed by atoms with Crippen LogP contribution in [0.4, 0.5) is 5.69 Å². The van der Waals surface area contributed by atoms with Crippen molar-refractivity contribution in [1.29, 1.82) is 0 Å². The molecule has 1 aromatic heterocycles. The highest BCUT2D eigenvalue weighted by Crippen LogP contribution is 2.15. The summed E-state index contributed by atoms with van der Waals surface area (Å²) in [4.78, 5) is 16.0. The highest BCUT2D eigenvalue weighted by molar-refractivity contribution is 5.52. The molecule has 0 spiro atoms. The molecule has 4 nitrogen and oxygen atoms in total. The van der Waals surface area contributed by atoms with Gasteiger partial charge in [0.15, 0.2) is 0 Å². The van der Waals surface area contributed by atoms with Crippen molar-refractivity contribution in [3.63, 3.8) is 0 Å². The Hall–Kier alpha value is -1.97. The Labute approximate surface area is 87.8 Å². The number of aromatic nitrogens is 2. The molecule has 0 unspecified atom stereocenters. The summed E-state index contributed by atoms with van der Waals surface area (Å²) in [5.74, 6) is 0. The summed E-state index contributed by atoms with van der Waals surface area (Å²) in [7, 11) is 3.94. The van der Waals surface area contributed by atoms with Crippen LogP contribution in [0.3, 0.4) is 0 Å². The van der Waals surface area contributed by atoms with Crippen molar-refractivity contribution in [1.82, 2.24) is 9.55 Å². The number of benzene rings is 1. The van der Waals surface area contributed by atoms with E-state index in [0.717, 1.165) is 11.4 Å². The molecule has 0 saturated heterocycles. The molecule has 1 heterocycles. The van der Waals surface area contributed by atoms with Crippen LogP contribution in [0.2, 0.25) is 0 Å². The SMILES string of the molecule is CN(C)c1cccc(-n2cc[nH]c2=O)c1. The van der Waals surface area contributed by atoms with Gasteiger partial charge in [-0.1, -0.05) is 6.07 Å². The molecule has 0 amide bonds. The maximum absolute atomic E-state index is 11.4. The Balaban J connectivity index is 2.50. The first-order valence-electron chi connectivity index (χ1n) is 4.72. The molecular weight excluding hydrogens is 190 g/mol. The molecule has 0 bridgehead atoms. The molecule has 0 aliphatic rings. The van der Waals surface area contributed by atoms with Crippen molar-refractivity contribution in [2.75, 3.05) is 19.0 Å². The Bertz CT molecular complexity index is 510. The topological polar surface area (TPSA) is 41.0 Å². The molecule has 0 aliphatic carbocycles. The molecule has 0 fully saturated rings. The van der Waals surface area contributed by atoms with Gasteiger partial charge < -0.3 is 9.88 Å². The molecule has 0 radical (unpaired) electrons. The standard InChI is InChI=1S/C11H13N3O/c1-13(2)9-4-3-5-10(8-9)14-7-6-12-11(14)15/h3-8H,1-2H3,(H,12,15). The van der Waals surface area contributed by atoms with E-state index < -0.39 is 0 Å². The molecule has 78 valence electrons. The van der Waals surface area contributed by atoms with Gasteiger partial charge in [-0.15, -0.1) is 0 Å². The van der Waals surface area contributed by atoms with Crippen LogP contribution in [-0.2, 0) is 0 Å². The summed E-state index contributed by atoms with van der Waals surface area (Å²) in [6, 6.07) is 7.81. The van der Waals surface area contributed by atoms with Crippen molar-refractivity contribution < 1.29 is 0 Å². The zero-order valence-corrected chi connectivity index (χ0v) is 8.77. The van der Waals surface area contributed by atoms with E-state index in [0.29, 0.717) is 0 Å². The van der Waals surface area contributed by atoms with E-state index >= 15 is 0 Å². The minimum Gasteiger partial charge on any atom is -0.378 e. The highest BCUT2D eigenvalue weighted by atomic mass is 16.1. The maximum Gasteiger partial charge on any atom is 0.330 e. The molecule has 0 aliphatic heterocycles. The number of hydrogen-bond donors (Lipinski definition) is 1. The average molecular weight is 203 g/mol. The molecule has 2 rings (SSSR count). The zero-order chi connectivity index (χ0) is 10.8. The summed E-state index contributed by atoms with van der Waals surface area (Å²) < 4.78 is 1.58. The van der Waals surface area contributed by atoms with Gasteiger partial charge in [0, 0.05) is 32.2 Å². The maximum atomic E-state index is 11.4. The van der Waals surface area contributed by atoms with Crippen molar-refractivity contribution in [2.24, 2.45) is 0 Å². The van der Waals surface area contributed by atoms with Crippen LogP contribution in [0.5, 0.6) is 0 Å². The Morgan fingerprint density at radius 1 is 1.33 bits per heavy atom. The molecule has 1 N–H and O–H groups in total. The first kappa shape index (κ1) is 9.58. The van der Waals surface area contributed by atoms with Crippen LogP contribution < -0.4 is 10.6 Å². The molecule has 1 aromatic carbocycles. The van der Waals surface area contributed by atoms with Crippen molar-refractivity contribution in [2.45, 2.75) is 0 Å². The fourth-order valence-electron chi connectivity index (χ4n) is 1.44. The highest BCUT2D eigenvalue weighted by Gasteiger charge is 2.01. The summed E-state index contributed by atoms with van der Waals surface area (Å²) in [6.07, 6.45) is 3.35. The fraction of sp³-hybridized carbons (Fsp3) is 0.182. The lowest BCUT2D eigenvalue weighted by molar-refractivity contribution is 0.983. The van der Waals surface area contributed by atoms with E-state index in [9.17, 15) is 4.79 Å². The van der Waals surface area contributed by atoms with Gasteiger partial charge >= 0.3 is 5.69 Å². The minimum absolute atomic E-state index is 0.120.